The fourth-order valence-electron chi connectivity index (χ4n) is 3.51. The summed E-state index contributed by atoms with van der Waals surface area (Å²) in [6, 6.07) is 4.97. The summed E-state index contributed by atoms with van der Waals surface area (Å²) in [6.07, 6.45) is 8.69. The highest BCUT2D eigenvalue weighted by Crippen LogP contribution is 2.27. The third-order valence-electron chi connectivity index (χ3n) is 5.19. The van der Waals surface area contributed by atoms with Crippen molar-refractivity contribution in [1.82, 2.24) is 29.2 Å². The minimum atomic E-state index is -0.253. The minimum absolute atomic E-state index is 0.195. The molecule has 2 amide bonds. The number of hydrogen-bond donors (Lipinski definition) is 1. The van der Waals surface area contributed by atoms with Gasteiger partial charge in [-0.2, -0.15) is 5.10 Å². The Balaban J connectivity index is 1.40. The molecule has 1 saturated heterocycles. The average Bonchev–Trinajstić information content (AvgIpc) is 3.18. The first kappa shape index (κ1) is 18.9. The quantitative estimate of drug-likeness (QED) is 0.734. The first-order chi connectivity index (χ1) is 14.0. The summed E-state index contributed by atoms with van der Waals surface area (Å²) in [5, 5.41) is 6.91. The number of carbonyl (C=O) groups excluding carboxylic acids is 1. The first-order valence-corrected chi connectivity index (χ1v) is 9.55. The van der Waals surface area contributed by atoms with Crippen molar-refractivity contribution in [3.8, 4) is 11.3 Å². The number of aromatic nitrogens is 5. The molecule has 0 spiro atoms. The van der Waals surface area contributed by atoms with Crippen molar-refractivity contribution >= 4 is 11.7 Å². The van der Waals surface area contributed by atoms with Crippen molar-refractivity contribution in [3.63, 3.8) is 0 Å². The van der Waals surface area contributed by atoms with Crippen LogP contribution in [0.3, 0.4) is 0 Å². The molecule has 4 rings (SSSR count). The van der Waals surface area contributed by atoms with E-state index in [1.165, 1.54) is 4.57 Å². The van der Waals surface area contributed by atoms with Crippen LogP contribution in [0.25, 0.3) is 11.3 Å². The molecular weight excluding hydrogens is 370 g/mol. The Hall–Kier alpha value is -3.49. The molecule has 0 unspecified atom stereocenters. The molecule has 29 heavy (non-hydrogen) atoms. The number of urea groups is 1. The molecule has 0 bridgehead atoms. The normalized spacial score (nSPS) is 14.8. The van der Waals surface area contributed by atoms with E-state index in [1.807, 2.05) is 19.3 Å². The van der Waals surface area contributed by atoms with E-state index in [2.05, 4.69) is 15.4 Å². The van der Waals surface area contributed by atoms with Gasteiger partial charge in [0.25, 0.3) is 5.56 Å². The lowest BCUT2D eigenvalue weighted by atomic mass is 9.96. The summed E-state index contributed by atoms with van der Waals surface area (Å²) >= 11 is 0. The molecule has 3 aromatic rings. The second-order valence-corrected chi connectivity index (χ2v) is 7.23. The van der Waals surface area contributed by atoms with Crippen LogP contribution in [0.2, 0.25) is 0 Å². The highest BCUT2D eigenvalue weighted by atomic mass is 16.2. The summed E-state index contributed by atoms with van der Waals surface area (Å²) in [5.41, 5.74) is 1.87. The Morgan fingerprint density at radius 2 is 2.00 bits per heavy atom. The second-order valence-electron chi connectivity index (χ2n) is 7.23. The lowest BCUT2D eigenvalue weighted by Gasteiger charge is -2.31. The molecule has 0 aliphatic carbocycles. The van der Waals surface area contributed by atoms with Gasteiger partial charge < -0.3 is 14.8 Å². The van der Waals surface area contributed by atoms with E-state index in [1.54, 1.807) is 47.4 Å². The number of piperidine rings is 1. The maximum atomic E-state index is 12.5. The van der Waals surface area contributed by atoms with Crippen LogP contribution in [-0.4, -0.2) is 48.3 Å². The number of carbonyl (C=O) groups is 1. The molecule has 0 atom stereocenters. The number of nitrogens with zero attached hydrogens (tertiary/aromatic N) is 6. The van der Waals surface area contributed by atoms with Crippen molar-refractivity contribution < 1.29 is 4.79 Å². The van der Waals surface area contributed by atoms with E-state index in [4.69, 9.17) is 4.98 Å². The van der Waals surface area contributed by atoms with Crippen molar-refractivity contribution in [1.29, 1.82) is 0 Å². The van der Waals surface area contributed by atoms with Crippen LogP contribution in [0, 0.1) is 0 Å². The van der Waals surface area contributed by atoms with Crippen LogP contribution in [-0.2, 0) is 14.1 Å². The summed E-state index contributed by atoms with van der Waals surface area (Å²) < 4.78 is 3.18. The van der Waals surface area contributed by atoms with Crippen molar-refractivity contribution in [2.45, 2.75) is 18.8 Å². The number of likely N-dealkylation sites (tertiary alicyclic amines) is 1. The molecule has 0 saturated carbocycles. The molecule has 1 aliphatic rings. The third kappa shape index (κ3) is 4.03. The van der Waals surface area contributed by atoms with Crippen LogP contribution >= 0.6 is 0 Å². The van der Waals surface area contributed by atoms with Gasteiger partial charge in [0.05, 0.1) is 11.9 Å². The number of hydrogen-bond acceptors (Lipinski definition) is 5. The molecule has 1 N–H and O–H groups in total. The first-order valence-electron chi connectivity index (χ1n) is 9.55. The lowest BCUT2D eigenvalue weighted by molar-refractivity contribution is 0.193. The zero-order chi connectivity index (χ0) is 20.4. The SMILES string of the molecule is Cn1cc(-c2ccnc(C3CCN(C(=O)Nc4cccn(C)c4=O)CC3)n2)cn1. The monoisotopic (exact) mass is 393 g/mol. The fraction of sp³-hybridized carbons (Fsp3) is 0.350. The Morgan fingerprint density at radius 3 is 2.72 bits per heavy atom. The zero-order valence-electron chi connectivity index (χ0n) is 16.4. The molecule has 3 aromatic heterocycles. The predicted molar refractivity (Wildman–Crippen MR) is 108 cm³/mol. The highest BCUT2D eigenvalue weighted by molar-refractivity contribution is 5.89. The van der Waals surface area contributed by atoms with E-state index in [-0.39, 0.29) is 23.2 Å². The Kier molecular flexibility index (Phi) is 5.11. The molecule has 150 valence electrons. The van der Waals surface area contributed by atoms with Crippen LogP contribution in [0.4, 0.5) is 10.5 Å². The summed E-state index contributed by atoms with van der Waals surface area (Å²) in [4.78, 5) is 35.5. The van der Waals surface area contributed by atoms with Gasteiger partial charge >= 0.3 is 6.03 Å². The number of aryl methyl sites for hydroxylation is 2. The standard InChI is InChI=1S/C20H23N7O2/c1-25-9-3-4-17(19(25)28)24-20(29)27-10-6-14(7-11-27)18-21-8-5-16(23-18)15-12-22-26(2)13-15/h3-5,8-9,12-14H,6-7,10-11H2,1-2H3,(H,24,29). The van der Waals surface area contributed by atoms with Crippen molar-refractivity contribution in [2.75, 3.05) is 18.4 Å². The Labute approximate surface area is 168 Å². The Bertz CT molecular complexity index is 1080. The molecule has 0 aromatic carbocycles. The molecule has 9 heteroatoms. The van der Waals surface area contributed by atoms with Gasteiger partial charge in [0.2, 0.25) is 0 Å². The van der Waals surface area contributed by atoms with Crippen LogP contribution in [0.1, 0.15) is 24.6 Å². The number of pyridine rings is 1. The molecule has 1 fully saturated rings. The largest absolute Gasteiger partial charge is 0.324 e. The average molecular weight is 393 g/mol. The topological polar surface area (TPSA) is 97.9 Å². The number of anilines is 1. The van der Waals surface area contributed by atoms with Crippen LogP contribution in [0.15, 0.2) is 47.8 Å². The number of rotatable bonds is 3. The fourth-order valence-corrected chi connectivity index (χ4v) is 3.51. The van der Waals surface area contributed by atoms with Gasteiger partial charge in [0.15, 0.2) is 0 Å². The van der Waals surface area contributed by atoms with Gasteiger partial charge in [-0.1, -0.05) is 0 Å². The van der Waals surface area contributed by atoms with Crippen LogP contribution in [0.5, 0.6) is 0 Å². The van der Waals surface area contributed by atoms with Gasteiger partial charge in [-0.3, -0.25) is 9.48 Å². The number of amides is 2. The van der Waals surface area contributed by atoms with E-state index in [0.717, 1.165) is 29.9 Å². The molecule has 4 heterocycles. The maximum Gasteiger partial charge on any atom is 0.321 e. The lowest BCUT2D eigenvalue weighted by Crippen LogP contribution is -2.41. The van der Waals surface area contributed by atoms with Gasteiger partial charge in [-0.25, -0.2) is 14.8 Å². The van der Waals surface area contributed by atoms with Crippen molar-refractivity contribution in [2.24, 2.45) is 14.1 Å². The minimum Gasteiger partial charge on any atom is -0.324 e. The van der Waals surface area contributed by atoms with Crippen molar-refractivity contribution in [3.05, 3.63) is 59.2 Å². The maximum absolute atomic E-state index is 12.5. The third-order valence-corrected chi connectivity index (χ3v) is 5.19. The van der Waals surface area contributed by atoms with E-state index in [0.29, 0.717) is 13.1 Å². The predicted octanol–water partition coefficient (Wildman–Crippen LogP) is 1.99. The van der Waals surface area contributed by atoms with Gasteiger partial charge in [-0.15, -0.1) is 0 Å². The molecule has 0 radical (unpaired) electrons. The molecule has 9 nitrogen and oxygen atoms in total. The van der Waals surface area contributed by atoms with Gasteiger partial charge in [-0.05, 0) is 31.0 Å². The highest BCUT2D eigenvalue weighted by Gasteiger charge is 2.26. The smallest absolute Gasteiger partial charge is 0.321 e. The van der Waals surface area contributed by atoms with E-state index in [9.17, 15) is 9.59 Å². The summed E-state index contributed by atoms with van der Waals surface area (Å²) in [7, 11) is 3.53. The molecular formula is C20H23N7O2. The van der Waals surface area contributed by atoms with Crippen LogP contribution < -0.4 is 10.9 Å². The van der Waals surface area contributed by atoms with Gasteiger partial charge in [0, 0.05) is 57.3 Å². The Morgan fingerprint density at radius 1 is 1.21 bits per heavy atom. The summed E-state index contributed by atoms with van der Waals surface area (Å²) in [6.45, 7) is 1.17. The number of nitrogens with one attached hydrogen (secondary N) is 1. The van der Waals surface area contributed by atoms with E-state index >= 15 is 0 Å². The second kappa shape index (κ2) is 7.86. The molecule has 1 aliphatic heterocycles. The summed E-state index contributed by atoms with van der Waals surface area (Å²) in [5.74, 6) is 0.989. The zero-order valence-corrected chi connectivity index (χ0v) is 16.4. The van der Waals surface area contributed by atoms with E-state index < -0.39 is 0 Å². The van der Waals surface area contributed by atoms with Gasteiger partial charge in [0.1, 0.15) is 11.5 Å².